The van der Waals surface area contributed by atoms with E-state index in [0.29, 0.717) is 0 Å². The van der Waals surface area contributed by atoms with E-state index < -0.39 is 17.5 Å². The third-order valence-electron chi connectivity index (χ3n) is 3.15. The first-order valence-electron chi connectivity index (χ1n) is 6.12. The summed E-state index contributed by atoms with van der Waals surface area (Å²) in [5, 5.41) is 6.22. The highest BCUT2D eigenvalue weighted by molar-refractivity contribution is 5.88. The average Bonchev–Trinajstić information content (AvgIpc) is 2.81. The second kappa shape index (κ2) is 4.97. The lowest BCUT2D eigenvalue weighted by Gasteiger charge is -2.07. The van der Waals surface area contributed by atoms with Gasteiger partial charge in [0.1, 0.15) is 17.5 Å². The minimum absolute atomic E-state index is 0.00759. The van der Waals surface area contributed by atoms with Crippen LogP contribution in [0.15, 0.2) is 42.5 Å². The van der Waals surface area contributed by atoms with E-state index in [2.05, 4.69) is 10.2 Å². The Morgan fingerprint density at radius 3 is 2.10 bits per heavy atom. The van der Waals surface area contributed by atoms with Crippen molar-refractivity contribution in [2.24, 2.45) is 0 Å². The molecule has 1 aromatic heterocycles. The second-order valence-electron chi connectivity index (χ2n) is 4.44. The smallest absolute Gasteiger partial charge is 0.153 e. The van der Waals surface area contributed by atoms with Crippen LogP contribution in [0.4, 0.5) is 19.0 Å². The summed E-state index contributed by atoms with van der Waals surface area (Å²) in [6, 6.07) is 9.30. The van der Waals surface area contributed by atoms with Crippen LogP contribution in [-0.2, 0) is 0 Å². The number of nitrogen functional groups attached to an aromatic ring is 1. The van der Waals surface area contributed by atoms with E-state index in [-0.39, 0.29) is 28.2 Å². The van der Waals surface area contributed by atoms with E-state index in [4.69, 9.17) is 5.73 Å². The summed E-state index contributed by atoms with van der Waals surface area (Å²) in [6.45, 7) is 0. The van der Waals surface area contributed by atoms with Gasteiger partial charge in [0.25, 0.3) is 0 Å². The SMILES string of the molecule is Nc1n[nH]c(-c2c(F)cccc2F)c1-c1ccccc1F. The molecule has 0 radical (unpaired) electrons. The Balaban J connectivity index is 2.31. The molecule has 6 heteroatoms. The molecule has 0 aliphatic heterocycles. The summed E-state index contributed by atoms with van der Waals surface area (Å²) in [4.78, 5) is 0. The molecule has 0 aliphatic carbocycles. The van der Waals surface area contributed by atoms with Gasteiger partial charge >= 0.3 is 0 Å². The molecule has 0 aliphatic rings. The Morgan fingerprint density at radius 2 is 1.43 bits per heavy atom. The van der Waals surface area contributed by atoms with Crippen LogP contribution in [0.3, 0.4) is 0 Å². The Kier molecular flexibility index (Phi) is 3.13. The molecule has 0 unspecified atom stereocenters. The summed E-state index contributed by atoms with van der Waals surface area (Å²) in [5.41, 5.74) is 5.68. The lowest BCUT2D eigenvalue weighted by molar-refractivity contribution is 0.588. The van der Waals surface area contributed by atoms with Gasteiger partial charge in [0.05, 0.1) is 16.8 Å². The van der Waals surface area contributed by atoms with Crippen LogP contribution in [0.25, 0.3) is 22.4 Å². The molecule has 3 aromatic rings. The van der Waals surface area contributed by atoms with Gasteiger partial charge < -0.3 is 5.73 Å². The number of hydrogen-bond acceptors (Lipinski definition) is 2. The molecular weight excluding hydrogens is 279 g/mol. The molecule has 0 saturated heterocycles. The van der Waals surface area contributed by atoms with Crippen LogP contribution in [-0.4, -0.2) is 10.2 Å². The van der Waals surface area contributed by atoms with Gasteiger partial charge in [-0.2, -0.15) is 5.10 Å². The van der Waals surface area contributed by atoms with E-state index in [9.17, 15) is 13.2 Å². The van der Waals surface area contributed by atoms with Crippen LogP contribution in [0, 0.1) is 17.5 Å². The number of aromatic nitrogens is 2. The zero-order valence-corrected chi connectivity index (χ0v) is 10.7. The summed E-state index contributed by atoms with van der Waals surface area (Å²) in [7, 11) is 0. The minimum atomic E-state index is -0.781. The van der Waals surface area contributed by atoms with E-state index in [1.54, 1.807) is 6.07 Å². The van der Waals surface area contributed by atoms with E-state index in [0.717, 1.165) is 12.1 Å². The normalized spacial score (nSPS) is 10.8. The zero-order valence-electron chi connectivity index (χ0n) is 10.7. The van der Waals surface area contributed by atoms with Crippen LogP contribution in [0.1, 0.15) is 0 Å². The van der Waals surface area contributed by atoms with Crippen molar-refractivity contribution in [3.05, 3.63) is 59.9 Å². The molecule has 0 spiro atoms. The third-order valence-corrected chi connectivity index (χ3v) is 3.15. The van der Waals surface area contributed by atoms with Crippen LogP contribution >= 0.6 is 0 Å². The van der Waals surface area contributed by atoms with Crippen LogP contribution < -0.4 is 5.73 Å². The van der Waals surface area contributed by atoms with Gasteiger partial charge in [0.2, 0.25) is 0 Å². The maximum absolute atomic E-state index is 13.9. The fraction of sp³-hybridized carbons (Fsp3) is 0. The fourth-order valence-electron chi connectivity index (χ4n) is 2.21. The van der Waals surface area contributed by atoms with Crippen molar-refractivity contribution >= 4 is 5.82 Å². The molecule has 2 aromatic carbocycles. The van der Waals surface area contributed by atoms with E-state index in [1.165, 1.54) is 24.3 Å². The molecule has 3 N–H and O–H groups in total. The standard InChI is InChI=1S/C15H10F3N3/c16-9-5-2-1-4-8(9)12-14(20-21-15(12)19)13-10(17)6-3-7-11(13)18/h1-7H,(H3,19,20,21). The number of nitrogens with one attached hydrogen (secondary N) is 1. The molecule has 106 valence electrons. The minimum Gasteiger partial charge on any atom is -0.382 e. The van der Waals surface area contributed by atoms with Crippen molar-refractivity contribution in [3.8, 4) is 22.4 Å². The van der Waals surface area contributed by atoms with Gasteiger partial charge in [-0.3, -0.25) is 5.10 Å². The molecule has 21 heavy (non-hydrogen) atoms. The Hall–Kier alpha value is -2.76. The maximum atomic E-state index is 13.9. The van der Waals surface area contributed by atoms with Gasteiger partial charge in [-0.25, -0.2) is 13.2 Å². The van der Waals surface area contributed by atoms with E-state index >= 15 is 0 Å². The van der Waals surface area contributed by atoms with E-state index in [1.807, 2.05) is 0 Å². The summed E-state index contributed by atoms with van der Waals surface area (Å²) >= 11 is 0. The molecule has 0 atom stereocenters. The first-order valence-corrected chi connectivity index (χ1v) is 6.12. The number of nitrogens with two attached hydrogens (primary N) is 1. The summed E-state index contributed by atoms with van der Waals surface area (Å²) in [5.74, 6) is -2.14. The van der Waals surface area contributed by atoms with Gasteiger partial charge in [0.15, 0.2) is 5.82 Å². The van der Waals surface area contributed by atoms with Crippen LogP contribution in [0.5, 0.6) is 0 Å². The average molecular weight is 289 g/mol. The first kappa shape index (κ1) is 13.2. The molecule has 0 saturated carbocycles. The molecule has 3 nitrogen and oxygen atoms in total. The van der Waals surface area contributed by atoms with Gasteiger partial charge in [-0.05, 0) is 18.2 Å². The van der Waals surface area contributed by atoms with Crippen molar-refractivity contribution < 1.29 is 13.2 Å². The monoisotopic (exact) mass is 289 g/mol. The first-order chi connectivity index (χ1) is 10.1. The highest BCUT2D eigenvalue weighted by atomic mass is 19.1. The number of nitrogens with zero attached hydrogens (tertiary/aromatic N) is 1. The second-order valence-corrected chi connectivity index (χ2v) is 4.44. The maximum Gasteiger partial charge on any atom is 0.153 e. The Labute approximate surface area is 118 Å². The number of hydrogen-bond donors (Lipinski definition) is 2. The topological polar surface area (TPSA) is 54.7 Å². The quantitative estimate of drug-likeness (QED) is 0.755. The number of anilines is 1. The van der Waals surface area contributed by atoms with Gasteiger partial charge in [-0.1, -0.05) is 24.3 Å². The fourth-order valence-corrected chi connectivity index (χ4v) is 2.21. The Bertz CT molecular complexity index is 791. The number of benzene rings is 2. The van der Waals surface area contributed by atoms with Crippen molar-refractivity contribution in [2.45, 2.75) is 0 Å². The largest absolute Gasteiger partial charge is 0.382 e. The number of rotatable bonds is 2. The predicted molar refractivity (Wildman–Crippen MR) is 73.7 cm³/mol. The van der Waals surface area contributed by atoms with Crippen molar-refractivity contribution in [3.63, 3.8) is 0 Å². The highest BCUT2D eigenvalue weighted by Crippen LogP contribution is 2.37. The van der Waals surface area contributed by atoms with Gasteiger partial charge in [0, 0.05) is 5.56 Å². The van der Waals surface area contributed by atoms with Crippen LogP contribution in [0.2, 0.25) is 0 Å². The van der Waals surface area contributed by atoms with Crippen molar-refractivity contribution in [1.29, 1.82) is 0 Å². The number of halogens is 3. The van der Waals surface area contributed by atoms with Gasteiger partial charge in [-0.15, -0.1) is 0 Å². The predicted octanol–water partition coefficient (Wildman–Crippen LogP) is 3.74. The molecule has 3 rings (SSSR count). The lowest BCUT2D eigenvalue weighted by atomic mass is 9.99. The summed E-state index contributed by atoms with van der Waals surface area (Å²) < 4.78 is 41.8. The molecular formula is C15H10F3N3. The molecule has 1 heterocycles. The molecule has 0 amide bonds. The number of H-pyrrole nitrogens is 1. The molecule has 0 bridgehead atoms. The summed E-state index contributed by atoms with van der Waals surface area (Å²) in [6.07, 6.45) is 0. The Morgan fingerprint density at radius 1 is 0.810 bits per heavy atom. The van der Waals surface area contributed by atoms with Crippen molar-refractivity contribution in [2.75, 3.05) is 5.73 Å². The third kappa shape index (κ3) is 2.14. The highest BCUT2D eigenvalue weighted by Gasteiger charge is 2.22. The van der Waals surface area contributed by atoms with Crippen molar-refractivity contribution in [1.82, 2.24) is 10.2 Å². The zero-order chi connectivity index (χ0) is 15.0. The number of aromatic amines is 1. The lowest BCUT2D eigenvalue weighted by Crippen LogP contribution is -1.94. The molecule has 0 fully saturated rings.